The Balaban J connectivity index is 4.48. The molecule has 78 heavy (non-hydrogen) atoms. The maximum Gasteiger partial charge on any atom is 0.306 e. The quantitative estimate of drug-likeness (QED) is 0.0261. The third kappa shape index (κ3) is 61.6. The van der Waals surface area contributed by atoms with E-state index in [0.29, 0.717) is 19.3 Å². The van der Waals surface area contributed by atoms with Gasteiger partial charge >= 0.3 is 17.9 Å². The molecule has 0 aromatic heterocycles. The van der Waals surface area contributed by atoms with Crippen molar-refractivity contribution in [3.8, 4) is 0 Å². The number of allylic oxidation sites excluding steroid dienone is 28. The summed E-state index contributed by atoms with van der Waals surface area (Å²) in [5.74, 6) is -0.994. The van der Waals surface area contributed by atoms with Crippen molar-refractivity contribution in [2.24, 2.45) is 0 Å². The fourth-order valence-corrected chi connectivity index (χ4v) is 7.83. The van der Waals surface area contributed by atoms with Crippen molar-refractivity contribution in [3.05, 3.63) is 170 Å². The summed E-state index contributed by atoms with van der Waals surface area (Å²) in [5.41, 5.74) is 0. The first-order valence-corrected chi connectivity index (χ1v) is 31.1. The van der Waals surface area contributed by atoms with Crippen LogP contribution in [0.1, 0.15) is 245 Å². The lowest BCUT2D eigenvalue weighted by Gasteiger charge is -2.18. The molecule has 436 valence electrons. The minimum Gasteiger partial charge on any atom is -0.462 e. The topological polar surface area (TPSA) is 78.9 Å². The lowest BCUT2D eigenvalue weighted by molar-refractivity contribution is -0.167. The fraction of sp³-hybridized carbons (Fsp3) is 0.569. The highest BCUT2D eigenvalue weighted by Gasteiger charge is 2.19. The molecular weight excluding hydrogens is 961 g/mol. The van der Waals surface area contributed by atoms with Crippen molar-refractivity contribution in [1.29, 1.82) is 0 Å². The van der Waals surface area contributed by atoms with E-state index in [1.807, 2.05) is 0 Å². The summed E-state index contributed by atoms with van der Waals surface area (Å²) in [6, 6.07) is 0. The average Bonchev–Trinajstić information content (AvgIpc) is 3.44. The molecule has 0 saturated heterocycles. The zero-order valence-electron chi connectivity index (χ0n) is 49.9. The molecule has 0 bridgehead atoms. The number of hydrogen-bond acceptors (Lipinski definition) is 6. The molecule has 0 aliphatic carbocycles. The van der Waals surface area contributed by atoms with Gasteiger partial charge in [-0.25, -0.2) is 0 Å². The van der Waals surface area contributed by atoms with Gasteiger partial charge in [-0.2, -0.15) is 0 Å². The van der Waals surface area contributed by atoms with E-state index in [2.05, 4.69) is 191 Å². The number of unbranched alkanes of at least 4 members (excludes halogenated alkanes) is 15. The first kappa shape index (κ1) is 72.8. The van der Waals surface area contributed by atoms with E-state index in [1.165, 1.54) is 32.1 Å². The Kier molecular flexibility index (Phi) is 60.0. The second-order valence-electron chi connectivity index (χ2n) is 19.8. The molecular formula is C72H112O6. The van der Waals surface area contributed by atoms with Crippen LogP contribution >= 0.6 is 0 Å². The molecule has 0 aromatic rings. The Labute approximate surface area is 479 Å². The molecule has 1 unspecified atom stereocenters. The lowest BCUT2D eigenvalue weighted by atomic mass is 10.1. The largest absolute Gasteiger partial charge is 0.462 e. The van der Waals surface area contributed by atoms with Gasteiger partial charge in [0.15, 0.2) is 6.10 Å². The average molecular weight is 1070 g/mol. The van der Waals surface area contributed by atoms with Gasteiger partial charge in [-0.1, -0.05) is 242 Å². The Morgan fingerprint density at radius 2 is 0.500 bits per heavy atom. The molecule has 1 atom stereocenters. The van der Waals surface area contributed by atoms with E-state index in [1.54, 1.807) is 0 Å². The van der Waals surface area contributed by atoms with E-state index in [0.717, 1.165) is 167 Å². The molecule has 0 aliphatic rings. The van der Waals surface area contributed by atoms with E-state index in [-0.39, 0.29) is 37.5 Å². The lowest BCUT2D eigenvalue weighted by Crippen LogP contribution is -2.30. The van der Waals surface area contributed by atoms with Gasteiger partial charge in [0, 0.05) is 19.3 Å². The highest BCUT2D eigenvalue weighted by atomic mass is 16.6. The Bertz CT molecular complexity index is 1810. The van der Waals surface area contributed by atoms with Crippen LogP contribution in [0.2, 0.25) is 0 Å². The maximum atomic E-state index is 12.9. The summed E-state index contributed by atoms with van der Waals surface area (Å²) < 4.78 is 16.8. The number of carbonyl (C=O) groups is 3. The molecule has 0 aromatic carbocycles. The molecule has 0 radical (unpaired) electrons. The smallest absolute Gasteiger partial charge is 0.306 e. The Morgan fingerprint density at radius 1 is 0.269 bits per heavy atom. The molecule has 0 N–H and O–H groups in total. The van der Waals surface area contributed by atoms with Crippen molar-refractivity contribution < 1.29 is 28.6 Å². The molecule has 0 fully saturated rings. The second-order valence-corrected chi connectivity index (χ2v) is 19.8. The zero-order chi connectivity index (χ0) is 56.4. The van der Waals surface area contributed by atoms with Gasteiger partial charge in [-0.05, 0) is 154 Å². The van der Waals surface area contributed by atoms with Crippen LogP contribution in [0.25, 0.3) is 0 Å². The van der Waals surface area contributed by atoms with E-state index in [4.69, 9.17) is 14.2 Å². The van der Waals surface area contributed by atoms with Crippen LogP contribution < -0.4 is 0 Å². The summed E-state index contributed by atoms with van der Waals surface area (Å²) in [6.07, 6.45) is 94.9. The predicted octanol–water partition coefficient (Wildman–Crippen LogP) is 21.5. The van der Waals surface area contributed by atoms with E-state index in [9.17, 15) is 14.4 Å². The van der Waals surface area contributed by atoms with Crippen molar-refractivity contribution in [2.45, 2.75) is 252 Å². The highest BCUT2D eigenvalue weighted by Crippen LogP contribution is 2.13. The normalized spacial score (nSPS) is 13.3. The molecule has 6 heteroatoms. The van der Waals surface area contributed by atoms with Crippen LogP contribution in [0, 0.1) is 0 Å². The highest BCUT2D eigenvalue weighted by molar-refractivity contribution is 5.71. The monoisotopic (exact) mass is 1070 g/mol. The van der Waals surface area contributed by atoms with E-state index >= 15 is 0 Å². The molecule has 6 nitrogen and oxygen atoms in total. The number of carbonyl (C=O) groups excluding carboxylic acids is 3. The Hall–Kier alpha value is -5.23. The summed E-state index contributed by atoms with van der Waals surface area (Å²) >= 11 is 0. The van der Waals surface area contributed by atoms with Gasteiger partial charge in [0.2, 0.25) is 0 Å². The van der Waals surface area contributed by atoms with E-state index < -0.39 is 6.10 Å². The van der Waals surface area contributed by atoms with Gasteiger partial charge in [-0.15, -0.1) is 0 Å². The first-order valence-electron chi connectivity index (χ1n) is 31.1. The zero-order valence-corrected chi connectivity index (χ0v) is 49.9. The minimum atomic E-state index is -0.823. The van der Waals surface area contributed by atoms with Crippen LogP contribution in [0.5, 0.6) is 0 Å². The van der Waals surface area contributed by atoms with Crippen LogP contribution in [0.15, 0.2) is 170 Å². The van der Waals surface area contributed by atoms with Gasteiger partial charge in [0.1, 0.15) is 13.2 Å². The molecule has 0 spiro atoms. The molecule has 0 saturated carbocycles. The third-order valence-electron chi connectivity index (χ3n) is 12.4. The fourth-order valence-electron chi connectivity index (χ4n) is 7.83. The van der Waals surface area contributed by atoms with Gasteiger partial charge in [-0.3, -0.25) is 14.4 Å². The Morgan fingerprint density at radius 3 is 0.821 bits per heavy atom. The first-order chi connectivity index (χ1) is 38.5. The molecule has 0 amide bonds. The van der Waals surface area contributed by atoms with Gasteiger partial charge in [0.05, 0.1) is 0 Å². The summed E-state index contributed by atoms with van der Waals surface area (Å²) in [4.78, 5) is 38.2. The van der Waals surface area contributed by atoms with Crippen LogP contribution in [0.4, 0.5) is 0 Å². The molecule has 0 rings (SSSR count). The van der Waals surface area contributed by atoms with Crippen LogP contribution in [0.3, 0.4) is 0 Å². The minimum absolute atomic E-state index is 0.114. The predicted molar refractivity (Wildman–Crippen MR) is 338 cm³/mol. The van der Waals surface area contributed by atoms with Crippen molar-refractivity contribution in [2.75, 3.05) is 13.2 Å². The SMILES string of the molecule is CC/C=C\C/C=C\C/C=C\C/C=C\C/C=C\C/C=C\C/C=C\CCCCCCCC(=O)OCC(COC(=O)CCCCCCC/C=C\CCCCC)OC(=O)CCCC/C=C\C/C=C\C/C=C\C/C=C\C/C=C\C/C=C\CC. The standard InChI is InChI=1S/C72H112O6/c1-4-7-10-13-16-19-22-25-27-29-31-33-34-35-36-37-38-40-41-43-45-47-50-53-56-59-62-65-71(74)77-68-69(67-76-70(73)64-61-58-55-52-49-24-21-18-15-12-9-6-3)78-72(75)66-63-60-57-54-51-48-46-44-42-39-32-30-28-26-23-20-17-14-11-8-5-2/h7-8,10-11,16-21,25-28,31-33,35-36,38-40,43-46,51,54,69H,4-6,9,12-15,22-24,29-30,34,37,41-42,47-50,52-53,55-68H2,1-3H3/b10-7-,11-8-,19-16-,20-17-,21-18-,27-25-,28-26-,33-31-,36-35-,39-32-,40-38-,45-43-,46-44-,54-51-. The summed E-state index contributed by atoms with van der Waals surface area (Å²) in [5, 5.41) is 0. The van der Waals surface area contributed by atoms with Crippen molar-refractivity contribution in [1.82, 2.24) is 0 Å². The van der Waals surface area contributed by atoms with Gasteiger partial charge < -0.3 is 14.2 Å². The third-order valence-corrected chi connectivity index (χ3v) is 12.4. The summed E-state index contributed by atoms with van der Waals surface area (Å²) in [7, 11) is 0. The molecule has 0 aliphatic heterocycles. The number of hydrogen-bond donors (Lipinski definition) is 0. The second kappa shape index (κ2) is 64.3. The molecule has 0 heterocycles. The van der Waals surface area contributed by atoms with Crippen LogP contribution in [-0.2, 0) is 28.6 Å². The number of esters is 3. The number of rotatable bonds is 54. The van der Waals surface area contributed by atoms with Gasteiger partial charge in [0.25, 0.3) is 0 Å². The summed E-state index contributed by atoms with van der Waals surface area (Å²) in [6.45, 7) is 6.31. The van der Waals surface area contributed by atoms with Crippen molar-refractivity contribution in [3.63, 3.8) is 0 Å². The van der Waals surface area contributed by atoms with Crippen molar-refractivity contribution >= 4 is 17.9 Å². The number of ether oxygens (including phenoxy) is 3. The maximum absolute atomic E-state index is 12.9. The van der Waals surface area contributed by atoms with Crippen LogP contribution in [-0.4, -0.2) is 37.2 Å².